The smallest absolute Gasteiger partial charge is 0.270 e. The molecule has 1 amide bonds. The second-order valence-electron chi connectivity index (χ2n) is 7.63. The molecular formula is C23H25N3O2. The van der Waals surface area contributed by atoms with Crippen molar-refractivity contribution in [1.29, 1.82) is 0 Å². The Kier molecular flexibility index (Phi) is 5.01. The summed E-state index contributed by atoms with van der Waals surface area (Å²) in [7, 11) is 0. The zero-order chi connectivity index (χ0) is 19.7. The molecule has 28 heavy (non-hydrogen) atoms. The van der Waals surface area contributed by atoms with Crippen molar-refractivity contribution < 1.29 is 9.59 Å². The van der Waals surface area contributed by atoms with Gasteiger partial charge in [0.05, 0.1) is 6.54 Å². The molecule has 2 aromatic carbocycles. The molecule has 1 N–H and O–H groups in total. The average Bonchev–Trinajstić information content (AvgIpc) is 3.11. The maximum atomic E-state index is 12.8. The highest BCUT2D eigenvalue weighted by Gasteiger charge is 2.24. The van der Waals surface area contributed by atoms with Crippen LogP contribution >= 0.6 is 0 Å². The zero-order valence-electron chi connectivity index (χ0n) is 16.4. The molecule has 0 aliphatic carbocycles. The summed E-state index contributed by atoms with van der Waals surface area (Å²) in [5, 5.41) is 1.05. The molecule has 0 radical (unpaired) electrons. The number of benzene rings is 2. The third kappa shape index (κ3) is 3.85. The molecule has 0 saturated carbocycles. The highest BCUT2D eigenvalue weighted by molar-refractivity contribution is 5.98. The molecule has 0 bridgehead atoms. The first-order valence-electron chi connectivity index (χ1n) is 9.70. The predicted molar refractivity (Wildman–Crippen MR) is 111 cm³/mol. The summed E-state index contributed by atoms with van der Waals surface area (Å²) < 4.78 is 0. The molecule has 0 unspecified atom stereocenters. The number of H-pyrrole nitrogens is 1. The Balaban J connectivity index is 1.35. The Bertz CT molecular complexity index is 1010. The van der Waals surface area contributed by atoms with Crippen LogP contribution in [0.2, 0.25) is 0 Å². The fraction of sp³-hybridized carbons (Fsp3) is 0.304. The fourth-order valence-corrected chi connectivity index (χ4v) is 3.67. The van der Waals surface area contributed by atoms with E-state index < -0.39 is 0 Å². The number of aryl methyl sites for hydroxylation is 2. The Morgan fingerprint density at radius 1 is 0.893 bits per heavy atom. The largest absolute Gasteiger partial charge is 0.351 e. The van der Waals surface area contributed by atoms with Gasteiger partial charge in [0.15, 0.2) is 5.78 Å². The summed E-state index contributed by atoms with van der Waals surface area (Å²) >= 11 is 0. The van der Waals surface area contributed by atoms with Crippen LogP contribution in [0.3, 0.4) is 0 Å². The zero-order valence-corrected chi connectivity index (χ0v) is 16.4. The van der Waals surface area contributed by atoms with E-state index in [4.69, 9.17) is 0 Å². The molecule has 1 aromatic heterocycles. The number of carbonyl (C=O) groups is 2. The molecule has 2 heterocycles. The number of aromatic amines is 1. The molecule has 4 rings (SSSR count). The number of hydrogen-bond acceptors (Lipinski definition) is 3. The SMILES string of the molecule is Cc1ccc(C(=O)CN2CCN(C(=O)c3cc4ccc(C)cc4[nH]3)CC2)cc1. The molecule has 1 saturated heterocycles. The van der Waals surface area contributed by atoms with Gasteiger partial charge in [0, 0.05) is 42.6 Å². The van der Waals surface area contributed by atoms with Crippen molar-refractivity contribution in [3.63, 3.8) is 0 Å². The molecule has 1 fully saturated rings. The standard InChI is InChI=1S/C23H25N3O2/c1-16-3-6-18(7-4-16)22(27)15-25-9-11-26(12-10-25)23(28)21-14-19-8-5-17(2)13-20(19)24-21/h3-8,13-14,24H,9-12,15H2,1-2H3. The number of amides is 1. The number of aromatic nitrogens is 1. The number of rotatable bonds is 4. The summed E-state index contributed by atoms with van der Waals surface area (Å²) in [4.78, 5) is 32.5. The van der Waals surface area contributed by atoms with E-state index >= 15 is 0 Å². The van der Waals surface area contributed by atoms with E-state index in [0.717, 1.165) is 22.0 Å². The van der Waals surface area contributed by atoms with Crippen LogP contribution in [-0.2, 0) is 0 Å². The summed E-state index contributed by atoms with van der Waals surface area (Å²) in [5.74, 6) is 0.157. The quantitative estimate of drug-likeness (QED) is 0.711. The Morgan fingerprint density at radius 3 is 2.29 bits per heavy atom. The number of fused-ring (bicyclic) bond motifs is 1. The topological polar surface area (TPSA) is 56.4 Å². The van der Waals surface area contributed by atoms with Gasteiger partial charge in [-0.1, -0.05) is 42.0 Å². The normalized spacial score (nSPS) is 15.1. The van der Waals surface area contributed by atoms with Crippen molar-refractivity contribution in [2.75, 3.05) is 32.7 Å². The fourth-order valence-electron chi connectivity index (χ4n) is 3.67. The number of nitrogens with one attached hydrogen (secondary N) is 1. The minimum atomic E-state index is 0.0263. The van der Waals surface area contributed by atoms with E-state index in [9.17, 15) is 9.59 Å². The molecule has 5 nitrogen and oxygen atoms in total. The minimum absolute atomic E-state index is 0.0263. The molecule has 5 heteroatoms. The summed E-state index contributed by atoms with van der Waals surface area (Å²) in [6.07, 6.45) is 0. The van der Waals surface area contributed by atoms with Crippen LogP contribution in [0.15, 0.2) is 48.5 Å². The monoisotopic (exact) mass is 375 g/mol. The highest BCUT2D eigenvalue weighted by Crippen LogP contribution is 2.18. The summed E-state index contributed by atoms with van der Waals surface area (Å²) in [6.45, 7) is 7.14. The lowest BCUT2D eigenvalue weighted by Gasteiger charge is -2.34. The van der Waals surface area contributed by atoms with E-state index in [1.165, 1.54) is 5.56 Å². The number of carbonyl (C=O) groups excluding carboxylic acids is 2. The minimum Gasteiger partial charge on any atom is -0.351 e. The van der Waals surface area contributed by atoms with Gasteiger partial charge in [-0.3, -0.25) is 14.5 Å². The lowest BCUT2D eigenvalue weighted by molar-refractivity contribution is 0.0620. The predicted octanol–water partition coefficient (Wildman–Crippen LogP) is 3.43. The molecule has 0 spiro atoms. The third-order valence-corrected chi connectivity index (χ3v) is 5.41. The van der Waals surface area contributed by atoms with Crippen LogP contribution in [-0.4, -0.2) is 59.2 Å². The van der Waals surface area contributed by atoms with Crippen molar-refractivity contribution in [1.82, 2.24) is 14.8 Å². The van der Waals surface area contributed by atoms with Crippen LogP contribution in [0.5, 0.6) is 0 Å². The van der Waals surface area contributed by atoms with Crippen molar-refractivity contribution in [3.05, 3.63) is 70.9 Å². The maximum Gasteiger partial charge on any atom is 0.270 e. The van der Waals surface area contributed by atoms with Gasteiger partial charge < -0.3 is 9.88 Å². The molecule has 1 aliphatic heterocycles. The highest BCUT2D eigenvalue weighted by atomic mass is 16.2. The van der Waals surface area contributed by atoms with Crippen molar-refractivity contribution >= 4 is 22.6 Å². The van der Waals surface area contributed by atoms with E-state index in [1.54, 1.807) is 0 Å². The van der Waals surface area contributed by atoms with Gasteiger partial charge in [0.25, 0.3) is 5.91 Å². The first-order chi connectivity index (χ1) is 13.5. The average molecular weight is 375 g/mol. The van der Waals surface area contributed by atoms with E-state index in [-0.39, 0.29) is 11.7 Å². The first kappa shape index (κ1) is 18.4. The third-order valence-electron chi connectivity index (χ3n) is 5.41. The van der Waals surface area contributed by atoms with E-state index in [0.29, 0.717) is 38.4 Å². The van der Waals surface area contributed by atoms with Crippen molar-refractivity contribution in [2.24, 2.45) is 0 Å². The molecule has 0 atom stereocenters. The molecule has 3 aromatic rings. The second-order valence-corrected chi connectivity index (χ2v) is 7.63. The number of ketones is 1. The van der Waals surface area contributed by atoms with E-state index in [1.807, 2.05) is 61.2 Å². The first-order valence-corrected chi connectivity index (χ1v) is 9.70. The van der Waals surface area contributed by atoms with Gasteiger partial charge in [-0.15, -0.1) is 0 Å². The van der Waals surface area contributed by atoms with Gasteiger partial charge in [-0.05, 0) is 31.5 Å². The van der Waals surface area contributed by atoms with Crippen LogP contribution in [0.4, 0.5) is 0 Å². The summed E-state index contributed by atoms with van der Waals surface area (Å²) in [6, 6.07) is 15.8. The van der Waals surface area contributed by atoms with Crippen LogP contribution in [0, 0.1) is 13.8 Å². The van der Waals surface area contributed by atoms with Gasteiger partial charge in [-0.2, -0.15) is 0 Å². The Hall–Kier alpha value is -2.92. The lowest BCUT2D eigenvalue weighted by atomic mass is 10.1. The number of nitrogens with zero attached hydrogens (tertiary/aromatic N) is 2. The number of hydrogen-bond donors (Lipinski definition) is 1. The molecule has 144 valence electrons. The van der Waals surface area contributed by atoms with Gasteiger partial charge >= 0.3 is 0 Å². The number of Topliss-reactive ketones (excluding diaryl/α,β-unsaturated/α-hetero) is 1. The van der Waals surface area contributed by atoms with E-state index in [2.05, 4.69) is 16.0 Å². The van der Waals surface area contributed by atoms with Crippen molar-refractivity contribution in [2.45, 2.75) is 13.8 Å². The van der Waals surface area contributed by atoms with Crippen LogP contribution < -0.4 is 0 Å². The van der Waals surface area contributed by atoms with Crippen LogP contribution in [0.1, 0.15) is 32.0 Å². The van der Waals surface area contributed by atoms with Gasteiger partial charge in [-0.25, -0.2) is 0 Å². The Labute approximate surface area is 165 Å². The second kappa shape index (κ2) is 7.60. The molecule has 1 aliphatic rings. The van der Waals surface area contributed by atoms with Crippen LogP contribution in [0.25, 0.3) is 10.9 Å². The molecular weight excluding hydrogens is 350 g/mol. The summed E-state index contributed by atoms with van der Waals surface area (Å²) in [5.41, 5.74) is 4.68. The van der Waals surface area contributed by atoms with Gasteiger partial charge in [0.2, 0.25) is 0 Å². The van der Waals surface area contributed by atoms with Crippen molar-refractivity contribution in [3.8, 4) is 0 Å². The lowest BCUT2D eigenvalue weighted by Crippen LogP contribution is -2.50. The maximum absolute atomic E-state index is 12.8. The Morgan fingerprint density at radius 2 is 1.57 bits per heavy atom. The number of piperazine rings is 1. The van der Waals surface area contributed by atoms with Gasteiger partial charge in [0.1, 0.15) is 5.69 Å².